The van der Waals surface area contributed by atoms with Crippen LogP contribution in [0.1, 0.15) is 32.6 Å². The Hall–Kier alpha value is -2.05. The van der Waals surface area contributed by atoms with Gasteiger partial charge in [0, 0.05) is 18.0 Å². The van der Waals surface area contributed by atoms with Crippen molar-refractivity contribution in [3.63, 3.8) is 0 Å². The Bertz CT molecular complexity index is 823. The van der Waals surface area contributed by atoms with E-state index in [-0.39, 0.29) is 17.7 Å². The van der Waals surface area contributed by atoms with E-state index in [9.17, 15) is 8.42 Å². The summed E-state index contributed by atoms with van der Waals surface area (Å²) >= 11 is 0. The number of nitrogens with one attached hydrogen (secondary N) is 1. The molecule has 3 rings (SSSR count). The van der Waals surface area contributed by atoms with E-state index in [1.54, 1.807) is 6.92 Å². The van der Waals surface area contributed by atoms with Crippen LogP contribution in [0.15, 0.2) is 54.6 Å². The first-order valence-electron chi connectivity index (χ1n) is 9.51. The maximum Gasteiger partial charge on any atom is 0.211 e. The molecule has 1 aliphatic carbocycles. The topological polar surface area (TPSA) is 64.6 Å². The van der Waals surface area contributed by atoms with E-state index in [0.29, 0.717) is 12.4 Å². The molecule has 0 radical (unpaired) electrons. The Balaban J connectivity index is 1.60. The Kier molecular flexibility index (Phi) is 6.74. The average Bonchev–Trinajstić information content (AvgIpc) is 2.68. The summed E-state index contributed by atoms with van der Waals surface area (Å²) in [5, 5.41) is 0. The maximum absolute atomic E-state index is 11.9. The third-order valence-corrected chi connectivity index (χ3v) is 6.29. The Morgan fingerprint density at radius 1 is 0.963 bits per heavy atom. The second-order valence-corrected chi connectivity index (χ2v) is 8.92. The van der Waals surface area contributed by atoms with Gasteiger partial charge in [0.25, 0.3) is 0 Å². The molecule has 0 saturated heterocycles. The normalized spacial score (nSPS) is 20.2. The first-order chi connectivity index (χ1) is 13.1. The first-order valence-corrected chi connectivity index (χ1v) is 11.2. The molecule has 2 aromatic rings. The fourth-order valence-electron chi connectivity index (χ4n) is 3.33. The van der Waals surface area contributed by atoms with E-state index in [4.69, 9.17) is 9.47 Å². The zero-order valence-electron chi connectivity index (χ0n) is 15.6. The number of sulfonamides is 1. The van der Waals surface area contributed by atoms with E-state index in [1.807, 2.05) is 54.6 Å². The molecule has 2 atom stereocenters. The van der Waals surface area contributed by atoms with Gasteiger partial charge in [-0.25, -0.2) is 13.1 Å². The maximum atomic E-state index is 11.9. The first kappa shape index (κ1) is 19.7. The molecule has 1 saturated carbocycles. The predicted octanol–water partition coefficient (Wildman–Crippen LogP) is 4.36. The van der Waals surface area contributed by atoms with Crippen molar-refractivity contribution in [1.29, 1.82) is 0 Å². The summed E-state index contributed by atoms with van der Waals surface area (Å²) in [4.78, 5) is 0. The average molecular weight is 390 g/mol. The highest BCUT2D eigenvalue weighted by Crippen LogP contribution is 2.28. The van der Waals surface area contributed by atoms with Crippen LogP contribution in [0.5, 0.6) is 17.2 Å². The van der Waals surface area contributed by atoms with Gasteiger partial charge < -0.3 is 9.47 Å². The number of rotatable bonds is 8. The third kappa shape index (κ3) is 5.97. The molecule has 1 N–H and O–H groups in total. The molecular weight excluding hydrogens is 362 g/mol. The number of hydrogen-bond donors (Lipinski definition) is 1. The molecule has 0 aliphatic heterocycles. The Morgan fingerprint density at radius 2 is 1.67 bits per heavy atom. The lowest BCUT2D eigenvalue weighted by atomic mass is 9.86. The number of hydrogen-bond acceptors (Lipinski definition) is 4. The van der Waals surface area contributed by atoms with Crippen molar-refractivity contribution in [3.8, 4) is 17.2 Å². The van der Waals surface area contributed by atoms with Crippen molar-refractivity contribution in [2.24, 2.45) is 5.92 Å². The second-order valence-electron chi connectivity index (χ2n) is 6.87. The molecule has 0 spiro atoms. The number of benzene rings is 2. The molecule has 2 aromatic carbocycles. The van der Waals surface area contributed by atoms with Crippen LogP contribution in [0.4, 0.5) is 0 Å². The summed E-state index contributed by atoms with van der Waals surface area (Å²) in [5.41, 5.74) is 0. The molecule has 5 nitrogen and oxygen atoms in total. The molecular formula is C21H27NO4S. The summed E-state index contributed by atoms with van der Waals surface area (Å²) in [5.74, 6) is 2.50. The fourth-order valence-corrected chi connectivity index (χ4v) is 4.27. The van der Waals surface area contributed by atoms with Crippen LogP contribution in [0.3, 0.4) is 0 Å². The highest BCUT2D eigenvalue weighted by atomic mass is 32.2. The number of ether oxygens (including phenoxy) is 2. The smallest absolute Gasteiger partial charge is 0.211 e. The molecule has 0 unspecified atom stereocenters. The molecule has 0 amide bonds. The van der Waals surface area contributed by atoms with E-state index in [1.165, 1.54) is 0 Å². The van der Waals surface area contributed by atoms with Gasteiger partial charge in [-0.2, -0.15) is 0 Å². The third-order valence-electron chi connectivity index (χ3n) is 4.87. The predicted molar refractivity (Wildman–Crippen MR) is 107 cm³/mol. The molecule has 27 heavy (non-hydrogen) atoms. The highest BCUT2D eigenvalue weighted by Gasteiger charge is 2.28. The van der Waals surface area contributed by atoms with Crippen molar-refractivity contribution in [2.45, 2.75) is 38.6 Å². The van der Waals surface area contributed by atoms with Gasteiger partial charge in [-0.05, 0) is 44.0 Å². The Labute approximate surface area is 161 Å². The molecule has 146 valence electrons. The quantitative estimate of drug-likeness (QED) is 0.729. The monoisotopic (exact) mass is 389 g/mol. The fraction of sp³-hybridized carbons (Fsp3) is 0.429. The molecule has 1 aliphatic rings. The van der Waals surface area contributed by atoms with Crippen LogP contribution in [0.2, 0.25) is 0 Å². The van der Waals surface area contributed by atoms with Crippen LogP contribution in [0, 0.1) is 5.92 Å². The lowest BCUT2D eigenvalue weighted by molar-refractivity contribution is 0.180. The zero-order valence-corrected chi connectivity index (χ0v) is 16.5. The van der Waals surface area contributed by atoms with Gasteiger partial charge in [-0.15, -0.1) is 0 Å². The summed E-state index contributed by atoms with van der Waals surface area (Å²) in [6, 6.07) is 17.1. The van der Waals surface area contributed by atoms with E-state index in [0.717, 1.165) is 37.2 Å². The summed E-state index contributed by atoms with van der Waals surface area (Å²) in [6.45, 7) is 2.15. The molecule has 1 fully saturated rings. The van der Waals surface area contributed by atoms with Crippen molar-refractivity contribution < 1.29 is 17.9 Å². The summed E-state index contributed by atoms with van der Waals surface area (Å²) in [6.07, 6.45) is 3.99. The molecule has 0 heterocycles. The van der Waals surface area contributed by atoms with E-state index in [2.05, 4.69) is 4.72 Å². The van der Waals surface area contributed by atoms with Gasteiger partial charge >= 0.3 is 0 Å². The minimum Gasteiger partial charge on any atom is -0.493 e. The van der Waals surface area contributed by atoms with Crippen LogP contribution < -0.4 is 14.2 Å². The summed E-state index contributed by atoms with van der Waals surface area (Å²) < 4.78 is 38.5. The Morgan fingerprint density at radius 3 is 2.44 bits per heavy atom. The van der Waals surface area contributed by atoms with Crippen molar-refractivity contribution in [3.05, 3.63) is 54.6 Å². The SMILES string of the molecule is CCS(=O)(=O)N[C@H]1CCCC[C@@H]1COc1cccc(Oc2ccccc2)c1. The standard InChI is InChI=1S/C21H27NO4S/c1-2-27(23,24)22-21-14-7-6-9-17(21)16-25-19-12-8-13-20(15-19)26-18-10-4-3-5-11-18/h3-5,8,10-13,15,17,21-22H,2,6-7,9,14,16H2,1H3/t17-,21+/m1/s1. The molecule has 6 heteroatoms. The van der Waals surface area contributed by atoms with Crippen molar-refractivity contribution >= 4 is 10.0 Å². The van der Waals surface area contributed by atoms with E-state index >= 15 is 0 Å². The van der Waals surface area contributed by atoms with Crippen LogP contribution >= 0.6 is 0 Å². The summed E-state index contributed by atoms with van der Waals surface area (Å²) in [7, 11) is -3.20. The van der Waals surface area contributed by atoms with Crippen LogP contribution in [-0.2, 0) is 10.0 Å². The second kappa shape index (κ2) is 9.24. The lowest BCUT2D eigenvalue weighted by Gasteiger charge is -2.31. The number of para-hydroxylation sites is 1. The van der Waals surface area contributed by atoms with E-state index < -0.39 is 10.0 Å². The largest absolute Gasteiger partial charge is 0.493 e. The van der Waals surface area contributed by atoms with Gasteiger partial charge in [-0.3, -0.25) is 0 Å². The lowest BCUT2D eigenvalue weighted by Crippen LogP contribution is -2.44. The highest BCUT2D eigenvalue weighted by molar-refractivity contribution is 7.89. The van der Waals surface area contributed by atoms with Gasteiger partial charge in [0.2, 0.25) is 10.0 Å². The molecule has 0 aromatic heterocycles. The van der Waals surface area contributed by atoms with Gasteiger partial charge in [0.05, 0.1) is 12.4 Å². The van der Waals surface area contributed by atoms with Gasteiger partial charge in [0.15, 0.2) is 0 Å². The van der Waals surface area contributed by atoms with Gasteiger partial charge in [-0.1, -0.05) is 37.1 Å². The van der Waals surface area contributed by atoms with Gasteiger partial charge in [0.1, 0.15) is 17.2 Å². The zero-order chi connectivity index (χ0) is 19.1. The van der Waals surface area contributed by atoms with Crippen molar-refractivity contribution in [1.82, 2.24) is 4.72 Å². The minimum atomic E-state index is -3.20. The minimum absolute atomic E-state index is 0.0487. The van der Waals surface area contributed by atoms with Crippen LogP contribution in [0.25, 0.3) is 0 Å². The van der Waals surface area contributed by atoms with Crippen LogP contribution in [-0.4, -0.2) is 26.8 Å². The van der Waals surface area contributed by atoms with Crippen molar-refractivity contribution in [2.75, 3.05) is 12.4 Å². The molecule has 0 bridgehead atoms.